The van der Waals surface area contributed by atoms with Gasteiger partial charge in [0.15, 0.2) is 0 Å². The predicted molar refractivity (Wildman–Crippen MR) is 75.4 cm³/mol. The summed E-state index contributed by atoms with van der Waals surface area (Å²) >= 11 is 0. The van der Waals surface area contributed by atoms with Crippen LogP contribution in [0.15, 0.2) is 24.3 Å². The molecule has 0 spiro atoms. The van der Waals surface area contributed by atoms with Gasteiger partial charge in [0.1, 0.15) is 0 Å². The minimum Gasteiger partial charge on any atom is -0.198 e. The maximum Gasteiger partial charge on any atom is 0.416 e. The SMILES string of the molecule is CCC1CCC(C#N)(Cc2cccc(C(F)(F)F)c2)CC1. The Kier molecular flexibility index (Phi) is 4.61. The van der Waals surface area contributed by atoms with Gasteiger partial charge in [-0.2, -0.15) is 18.4 Å². The van der Waals surface area contributed by atoms with Crippen LogP contribution in [-0.2, 0) is 12.6 Å². The first kappa shape index (κ1) is 15.9. The Morgan fingerprint density at radius 2 is 1.95 bits per heavy atom. The number of hydrogen-bond donors (Lipinski definition) is 0. The monoisotopic (exact) mass is 295 g/mol. The Morgan fingerprint density at radius 3 is 2.48 bits per heavy atom. The molecule has 0 bridgehead atoms. The van der Waals surface area contributed by atoms with Gasteiger partial charge >= 0.3 is 6.18 Å². The van der Waals surface area contributed by atoms with Gasteiger partial charge in [0, 0.05) is 0 Å². The van der Waals surface area contributed by atoms with Crippen LogP contribution in [-0.4, -0.2) is 0 Å². The molecule has 21 heavy (non-hydrogen) atoms. The fourth-order valence-corrected chi connectivity index (χ4v) is 3.21. The van der Waals surface area contributed by atoms with Crippen molar-refractivity contribution in [3.8, 4) is 6.07 Å². The third-order valence-corrected chi connectivity index (χ3v) is 4.67. The lowest BCUT2D eigenvalue weighted by Crippen LogP contribution is -2.28. The number of halogens is 3. The average Bonchev–Trinajstić information content (AvgIpc) is 2.47. The van der Waals surface area contributed by atoms with Gasteiger partial charge in [-0.05, 0) is 49.7 Å². The van der Waals surface area contributed by atoms with Gasteiger partial charge in [0.25, 0.3) is 0 Å². The molecule has 1 aliphatic carbocycles. The normalized spacial score (nSPS) is 26.3. The number of benzene rings is 1. The zero-order chi connectivity index (χ0) is 15.5. The number of nitriles is 1. The molecule has 0 saturated heterocycles. The van der Waals surface area contributed by atoms with E-state index in [0.29, 0.717) is 17.9 Å². The van der Waals surface area contributed by atoms with Crippen LogP contribution in [0.25, 0.3) is 0 Å². The van der Waals surface area contributed by atoms with Crippen LogP contribution in [0.1, 0.15) is 50.2 Å². The smallest absolute Gasteiger partial charge is 0.198 e. The van der Waals surface area contributed by atoms with E-state index in [4.69, 9.17) is 0 Å². The van der Waals surface area contributed by atoms with Crippen LogP contribution in [0.2, 0.25) is 0 Å². The fourth-order valence-electron chi connectivity index (χ4n) is 3.21. The Morgan fingerprint density at radius 1 is 1.29 bits per heavy atom. The molecule has 0 radical (unpaired) electrons. The van der Waals surface area contributed by atoms with E-state index in [1.54, 1.807) is 6.07 Å². The molecule has 1 fully saturated rings. The topological polar surface area (TPSA) is 23.8 Å². The van der Waals surface area contributed by atoms with Crippen molar-refractivity contribution in [3.05, 3.63) is 35.4 Å². The molecule has 0 N–H and O–H groups in total. The molecule has 0 unspecified atom stereocenters. The third kappa shape index (κ3) is 3.78. The first-order valence-electron chi connectivity index (χ1n) is 7.46. The Bertz CT molecular complexity index is 520. The lowest BCUT2D eigenvalue weighted by Gasteiger charge is -2.34. The Hall–Kier alpha value is -1.50. The number of hydrogen-bond acceptors (Lipinski definition) is 1. The van der Waals surface area contributed by atoms with Gasteiger partial charge in [-0.25, -0.2) is 0 Å². The molecular weight excluding hydrogens is 275 g/mol. The van der Waals surface area contributed by atoms with E-state index < -0.39 is 17.2 Å². The number of alkyl halides is 3. The van der Waals surface area contributed by atoms with E-state index in [2.05, 4.69) is 13.0 Å². The Balaban J connectivity index is 2.15. The summed E-state index contributed by atoms with van der Waals surface area (Å²) in [6.45, 7) is 2.15. The summed E-state index contributed by atoms with van der Waals surface area (Å²) in [6.07, 6.45) is 0.799. The largest absolute Gasteiger partial charge is 0.416 e. The van der Waals surface area contributed by atoms with Crippen molar-refractivity contribution in [1.29, 1.82) is 5.26 Å². The molecule has 0 heterocycles. The maximum absolute atomic E-state index is 12.8. The highest BCUT2D eigenvalue weighted by Gasteiger charge is 2.36. The van der Waals surface area contributed by atoms with E-state index in [1.807, 2.05) is 0 Å². The number of rotatable bonds is 3. The second-order valence-corrected chi connectivity index (χ2v) is 6.12. The van der Waals surface area contributed by atoms with E-state index in [0.717, 1.165) is 38.2 Å². The minimum absolute atomic E-state index is 0.420. The lowest BCUT2D eigenvalue weighted by atomic mass is 9.68. The van der Waals surface area contributed by atoms with Crippen LogP contribution >= 0.6 is 0 Å². The zero-order valence-electron chi connectivity index (χ0n) is 12.2. The van der Waals surface area contributed by atoms with Gasteiger partial charge in [0.05, 0.1) is 17.0 Å². The Labute approximate surface area is 123 Å². The van der Waals surface area contributed by atoms with E-state index in [1.165, 1.54) is 12.1 Å². The van der Waals surface area contributed by atoms with E-state index in [-0.39, 0.29) is 0 Å². The van der Waals surface area contributed by atoms with Crippen molar-refractivity contribution in [1.82, 2.24) is 0 Å². The summed E-state index contributed by atoms with van der Waals surface area (Å²) in [4.78, 5) is 0. The molecule has 0 aromatic heterocycles. The molecule has 1 nitrogen and oxygen atoms in total. The van der Waals surface area contributed by atoms with Crippen molar-refractivity contribution in [2.24, 2.45) is 11.3 Å². The van der Waals surface area contributed by atoms with E-state index >= 15 is 0 Å². The molecule has 0 aliphatic heterocycles. The molecule has 1 aliphatic rings. The second-order valence-electron chi connectivity index (χ2n) is 6.12. The molecular formula is C17H20F3N. The zero-order valence-corrected chi connectivity index (χ0v) is 12.2. The molecule has 1 aromatic rings. The summed E-state index contributed by atoms with van der Waals surface area (Å²) in [7, 11) is 0. The molecule has 0 amide bonds. The summed E-state index contributed by atoms with van der Waals surface area (Å²) in [5.41, 5.74) is -0.507. The molecule has 4 heteroatoms. The highest BCUT2D eigenvalue weighted by molar-refractivity contribution is 5.27. The van der Waals surface area contributed by atoms with Gasteiger partial charge < -0.3 is 0 Å². The first-order valence-corrected chi connectivity index (χ1v) is 7.46. The summed E-state index contributed by atoms with van der Waals surface area (Å²) in [5, 5.41) is 9.52. The molecule has 0 atom stereocenters. The van der Waals surface area contributed by atoms with Gasteiger partial charge in [-0.15, -0.1) is 0 Å². The van der Waals surface area contributed by atoms with E-state index in [9.17, 15) is 18.4 Å². The summed E-state index contributed by atoms with van der Waals surface area (Å²) < 4.78 is 38.3. The highest BCUT2D eigenvalue weighted by atomic mass is 19.4. The quantitative estimate of drug-likeness (QED) is 0.736. The van der Waals surface area contributed by atoms with Crippen LogP contribution < -0.4 is 0 Å². The van der Waals surface area contributed by atoms with Crippen molar-refractivity contribution < 1.29 is 13.2 Å². The van der Waals surface area contributed by atoms with Crippen molar-refractivity contribution in [2.75, 3.05) is 0 Å². The minimum atomic E-state index is -4.32. The first-order chi connectivity index (χ1) is 9.88. The van der Waals surface area contributed by atoms with Crippen LogP contribution in [0.4, 0.5) is 13.2 Å². The summed E-state index contributed by atoms with van der Waals surface area (Å²) in [6, 6.07) is 7.78. The molecule has 1 aromatic carbocycles. The molecule has 2 rings (SSSR count). The van der Waals surface area contributed by atoms with Crippen LogP contribution in [0, 0.1) is 22.7 Å². The van der Waals surface area contributed by atoms with Crippen molar-refractivity contribution >= 4 is 0 Å². The fraction of sp³-hybridized carbons (Fsp3) is 0.588. The number of nitrogens with zero attached hydrogens (tertiary/aromatic N) is 1. The van der Waals surface area contributed by atoms with Gasteiger partial charge in [0.2, 0.25) is 0 Å². The van der Waals surface area contributed by atoms with Crippen LogP contribution in [0.5, 0.6) is 0 Å². The lowest BCUT2D eigenvalue weighted by molar-refractivity contribution is -0.137. The summed E-state index contributed by atoms with van der Waals surface area (Å²) in [5.74, 6) is 0.660. The van der Waals surface area contributed by atoms with Crippen molar-refractivity contribution in [2.45, 2.75) is 51.6 Å². The predicted octanol–water partition coefficient (Wildman–Crippen LogP) is 5.36. The van der Waals surface area contributed by atoms with Gasteiger partial charge in [-0.3, -0.25) is 0 Å². The average molecular weight is 295 g/mol. The van der Waals surface area contributed by atoms with Gasteiger partial charge in [-0.1, -0.05) is 31.5 Å². The third-order valence-electron chi connectivity index (χ3n) is 4.67. The maximum atomic E-state index is 12.8. The second kappa shape index (κ2) is 6.09. The highest BCUT2D eigenvalue weighted by Crippen LogP contribution is 2.42. The standard InChI is InChI=1S/C17H20F3N/c1-2-13-6-8-16(12-21,9-7-13)11-14-4-3-5-15(10-14)17(18,19)20/h3-5,10,13H,2,6-9,11H2,1H3. The molecule has 114 valence electrons. The van der Waals surface area contributed by atoms with Crippen LogP contribution in [0.3, 0.4) is 0 Å². The molecule has 1 saturated carbocycles. The van der Waals surface area contributed by atoms with Crippen molar-refractivity contribution in [3.63, 3.8) is 0 Å².